The SMILES string of the molecule is COc1ccccc1N[C@@H](C)c1ccc(Cl)cc1Cl. The van der Waals surface area contributed by atoms with Crippen molar-refractivity contribution in [2.45, 2.75) is 13.0 Å². The third-order valence-corrected chi connectivity index (χ3v) is 3.47. The first-order chi connectivity index (χ1) is 9.11. The maximum Gasteiger partial charge on any atom is 0.141 e. The van der Waals surface area contributed by atoms with Crippen LogP contribution in [0.3, 0.4) is 0 Å². The molecule has 0 aliphatic heterocycles. The maximum absolute atomic E-state index is 6.21. The summed E-state index contributed by atoms with van der Waals surface area (Å²) in [6.07, 6.45) is 0. The molecule has 2 nitrogen and oxygen atoms in total. The molecule has 0 saturated heterocycles. The van der Waals surface area contributed by atoms with E-state index < -0.39 is 0 Å². The highest BCUT2D eigenvalue weighted by Gasteiger charge is 2.11. The summed E-state index contributed by atoms with van der Waals surface area (Å²) in [6.45, 7) is 2.04. The minimum absolute atomic E-state index is 0.0565. The van der Waals surface area contributed by atoms with Crippen LogP contribution >= 0.6 is 23.2 Å². The Labute approximate surface area is 123 Å². The minimum atomic E-state index is 0.0565. The van der Waals surface area contributed by atoms with Crippen LogP contribution in [0.25, 0.3) is 0 Å². The lowest BCUT2D eigenvalue weighted by Gasteiger charge is -2.19. The van der Waals surface area contributed by atoms with Crippen LogP contribution in [0.2, 0.25) is 10.0 Å². The normalized spacial score (nSPS) is 12.0. The van der Waals surface area contributed by atoms with Crippen molar-refractivity contribution in [1.82, 2.24) is 0 Å². The number of para-hydroxylation sites is 2. The summed E-state index contributed by atoms with van der Waals surface area (Å²) in [5.74, 6) is 0.805. The van der Waals surface area contributed by atoms with E-state index in [0.29, 0.717) is 10.0 Å². The molecule has 19 heavy (non-hydrogen) atoms. The fraction of sp³-hybridized carbons (Fsp3) is 0.200. The molecule has 0 amide bonds. The molecule has 1 N–H and O–H groups in total. The van der Waals surface area contributed by atoms with E-state index in [1.807, 2.05) is 43.3 Å². The smallest absolute Gasteiger partial charge is 0.141 e. The highest BCUT2D eigenvalue weighted by atomic mass is 35.5. The Morgan fingerprint density at radius 1 is 1.11 bits per heavy atom. The van der Waals surface area contributed by atoms with Crippen molar-refractivity contribution >= 4 is 28.9 Å². The lowest BCUT2D eigenvalue weighted by Crippen LogP contribution is -2.08. The van der Waals surface area contributed by atoms with Crippen LogP contribution < -0.4 is 10.1 Å². The first-order valence-corrected chi connectivity index (χ1v) is 6.72. The number of rotatable bonds is 4. The summed E-state index contributed by atoms with van der Waals surface area (Å²) in [4.78, 5) is 0. The second kappa shape index (κ2) is 6.18. The molecule has 0 radical (unpaired) electrons. The molecule has 0 aromatic heterocycles. The van der Waals surface area contributed by atoms with Crippen LogP contribution in [0.5, 0.6) is 5.75 Å². The number of hydrogen-bond donors (Lipinski definition) is 1. The third kappa shape index (κ3) is 3.34. The highest BCUT2D eigenvalue weighted by molar-refractivity contribution is 6.35. The second-order valence-corrected chi connectivity index (χ2v) is 5.08. The predicted molar refractivity (Wildman–Crippen MR) is 81.5 cm³/mol. The Balaban J connectivity index is 2.23. The molecule has 0 aliphatic carbocycles. The maximum atomic E-state index is 6.21. The van der Waals surface area contributed by atoms with E-state index in [2.05, 4.69) is 5.32 Å². The summed E-state index contributed by atoms with van der Waals surface area (Å²) >= 11 is 12.1. The van der Waals surface area contributed by atoms with Crippen molar-refractivity contribution < 1.29 is 4.74 Å². The van der Waals surface area contributed by atoms with E-state index in [0.717, 1.165) is 17.0 Å². The molecule has 0 fully saturated rings. The van der Waals surface area contributed by atoms with Crippen LogP contribution in [0.15, 0.2) is 42.5 Å². The number of halogens is 2. The molecule has 0 bridgehead atoms. The Kier molecular flexibility index (Phi) is 4.56. The van der Waals surface area contributed by atoms with Crippen molar-refractivity contribution in [1.29, 1.82) is 0 Å². The summed E-state index contributed by atoms with van der Waals surface area (Å²) in [7, 11) is 1.65. The zero-order chi connectivity index (χ0) is 13.8. The van der Waals surface area contributed by atoms with Gasteiger partial charge in [-0.2, -0.15) is 0 Å². The fourth-order valence-electron chi connectivity index (χ4n) is 1.93. The fourth-order valence-corrected chi connectivity index (χ4v) is 2.50. The molecule has 0 heterocycles. The van der Waals surface area contributed by atoms with Crippen LogP contribution in [0, 0.1) is 0 Å². The Morgan fingerprint density at radius 2 is 1.84 bits per heavy atom. The molecule has 2 rings (SSSR count). The van der Waals surface area contributed by atoms with E-state index in [-0.39, 0.29) is 6.04 Å². The average molecular weight is 296 g/mol. The molecule has 2 aromatic rings. The van der Waals surface area contributed by atoms with Crippen molar-refractivity contribution in [2.75, 3.05) is 12.4 Å². The van der Waals surface area contributed by atoms with Crippen LogP contribution in [-0.4, -0.2) is 7.11 Å². The second-order valence-electron chi connectivity index (χ2n) is 4.23. The monoisotopic (exact) mass is 295 g/mol. The third-order valence-electron chi connectivity index (χ3n) is 2.91. The number of ether oxygens (including phenoxy) is 1. The molecule has 2 aromatic carbocycles. The number of anilines is 1. The molecule has 0 aliphatic rings. The molecular formula is C15H15Cl2NO. The number of methoxy groups -OCH3 is 1. The Morgan fingerprint density at radius 3 is 2.53 bits per heavy atom. The van der Waals surface area contributed by atoms with Crippen molar-refractivity contribution in [3.8, 4) is 5.75 Å². The van der Waals surface area contributed by atoms with Gasteiger partial charge in [0.15, 0.2) is 0 Å². The lowest BCUT2D eigenvalue weighted by molar-refractivity contribution is 0.416. The van der Waals surface area contributed by atoms with E-state index in [9.17, 15) is 0 Å². The van der Waals surface area contributed by atoms with Gasteiger partial charge in [-0.1, -0.05) is 41.4 Å². The number of benzene rings is 2. The van der Waals surface area contributed by atoms with Crippen molar-refractivity contribution in [3.05, 3.63) is 58.1 Å². The number of hydrogen-bond acceptors (Lipinski definition) is 2. The standard InChI is InChI=1S/C15H15Cl2NO/c1-10(12-8-7-11(16)9-13(12)17)18-14-5-3-4-6-15(14)19-2/h3-10,18H,1-2H3/t10-/m0/s1. The zero-order valence-electron chi connectivity index (χ0n) is 10.8. The summed E-state index contributed by atoms with van der Waals surface area (Å²) in [5, 5.41) is 4.68. The van der Waals surface area contributed by atoms with Crippen LogP contribution in [-0.2, 0) is 0 Å². The molecule has 1 atom stereocenters. The quantitative estimate of drug-likeness (QED) is 0.839. The van der Waals surface area contributed by atoms with Gasteiger partial charge in [-0.25, -0.2) is 0 Å². The van der Waals surface area contributed by atoms with E-state index >= 15 is 0 Å². The summed E-state index contributed by atoms with van der Waals surface area (Å²) in [6, 6.07) is 13.4. The van der Waals surface area contributed by atoms with E-state index in [1.165, 1.54) is 0 Å². The zero-order valence-corrected chi connectivity index (χ0v) is 12.3. The van der Waals surface area contributed by atoms with Crippen LogP contribution in [0.4, 0.5) is 5.69 Å². The van der Waals surface area contributed by atoms with Gasteiger partial charge in [0.25, 0.3) is 0 Å². The largest absolute Gasteiger partial charge is 0.495 e. The van der Waals surface area contributed by atoms with Crippen LogP contribution in [0.1, 0.15) is 18.5 Å². The Bertz CT molecular complexity index is 572. The van der Waals surface area contributed by atoms with Crippen molar-refractivity contribution in [3.63, 3.8) is 0 Å². The molecule has 0 spiro atoms. The lowest BCUT2D eigenvalue weighted by atomic mass is 10.1. The molecule has 100 valence electrons. The van der Waals surface area contributed by atoms with Gasteiger partial charge < -0.3 is 10.1 Å². The molecule has 0 saturated carbocycles. The van der Waals surface area contributed by atoms with Gasteiger partial charge in [-0.3, -0.25) is 0 Å². The molecular weight excluding hydrogens is 281 g/mol. The van der Waals surface area contributed by atoms with Gasteiger partial charge in [0.05, 0.1) is 18.8 Å². The van der Waals surface area contributed by atoms with Crippen molar-refractivity contribution in [2.24, 2.45) is 0 Å². The molecule has 4 heteroatoms. The summed E-state index contributed by atoms with van der Waals surface area (Å²) in [5.41, 5.74) is 1.93. The highest BCUT2D eigenvalue weighted by Crippen LogP contribution is 2.31. The van der Waals surface area contributed by atoms with Gasteiger partial charge in [-0.15, -0.1) is 0 Å². The van der Waals surface area contributed by atoms with Gasteiger partial charge >= 0.3 is 0 Å². The van der Waals surface area contributed by atoms with E-state index in [4.69, 9.17) is 27.9 Å². The van der Waals surface area contributed by atoms with E-state index in [1.54, 1.807) is 13.2 Å². The van der Waals surface area contributed by atoms with Gasteiger partial charge in [0.1, 0.15) is 5.75 Å². The van der Waals surface area contributed by atoms with Gasteiger partial charge in [-0.05, 0) is 36.8 Å². The average Bonchev–Trinajstić information content (AvgIpc) is 2.39. The van der Waals surface area contributed by atoms with Gasteiger partial charge in [0.2, 0.25) is 0 Å². The van der Waals surface area contributed by atoms with Gasteiger partial charge in [0, 0.05) is 10.0 Å². The topological polar surface area (TPSA) is 21.3 Å². The molecule has 0 unspecified atom stereocenters. The first-order valence-electron chi connectivity index (χ1n) is 5.96. The minimum Gasteiger partial charge on any atom is -0.495 e. The Hall–Kier alpha value is -1.38. The first kappa shape index (κ1) is 14.0. The number of nitrogens with one attached hydrogen (secondary N) is 1. The summed E-state index contributed by atoms with van der Waals surface area (Å²) < 4.78 is 5.31. The predicted octanol–water partition coefficient (Wildman–Crippen LogP) is 5.18.